The molecule has 2 nitrogen and oxygen atoms in total. The van der Waals surface area contributed by atoms with E-state index in [1.165, 1.54) is 25.7 Å². The zero-order valence-electron chi connectivity index (χ0n) is 10.9. The van der Waals surface area contributed by atoms with Gasteiger partial charge in [-0.2, -0.15) is 0 Å². The summed E-state index contributed by atoms with van der Waals surface area (Å²) in [5.41, 5.74) is 0.737. The highest BCUT2D eigenvalue weighted by atomic mass is 16.5. The highest BCUT2D eigenvalue weighted by molar-refractivity contribution is 5.94. The molecule has 3 rings (SSSR count). The maximum absolute atomic E-state index is 11.3. The Balaban J connectivity index is 1.60. The van der Waals surface area contributed by atoms with Gasteiger partial charge in [0.05, 0.1) is 6.61 Å². The molecule has 0 saturated heterocycles. The van der Waals surface area contributed by atoms with Gasteiger partial charge in [-0.25, -0.2) is 0 Å². The Kier molecular flexibility index (Phi) is 3.11. The summed E-state index contributed by atoms with van der Waals surface area (Å²) in [4.78, 5) is 11.3. The van der Waals surface area contributed by atoms with Crippen LogP contribution >= 0.6 is 0 Å². The summed E-state index contributed by atoms with van der Waals surface area (Å²) in [7, 11) is 0. The monoisotopic (exact) mass is 244 g/mol. The number of Topliss-reactive ketones (excluding diaryl/α,β-unsaturated/α-hetero) is 1. The molecule has 2 fully saturated rings. The predicted molar refractivity (Wildman–Crippen MR) is 70.9 cm³/mol. The lowest BCUT2D eigenvalue weighted by atomic mass is 9.89. The number of ether oxygens (including phenoxy) is 1. The van der Waals surface area contributed by atoms with E-state index in [9.17, 15) is 4.79 Å². The maximum Gasteiger partial charge on any atom is 0.159 e. The number of carbonyl (C=O) groups is 1. The minimum absolute atomic E-state index is 0.0976. The van der Waals surface area contributed by atoms with Gasteiger partial charge in [0.25, 0.3) is 0 Å². The second-order valence-corrected chi connectivity index (χ2v) is 5.83. The molecular weight excluding hydrogens is 224 g/mol. The van der Waals surface area contributed by atoms with Crippen LogP contribution in [0.15, 0.2) is 24.3 Å². The van der Waals surface area contributed by atoms with E-state index < -0.39 is 0 Å². The molecule has 2 aliphatic carbocycles. The molecule has 1 aromatic rings. The SMILES string of the molecule is CC(=O)c1cccc(OCC2CC3CCC2C3)c1. The molecule has 0 spiro atoms. The van der Waals surface area contributed by atoms with Gasteiger partial charge in [0.15, 0.2) is 5.78 Å². The summed E-state index contributed by atoms with van der Waals surface area (Å²) in [6, 6.07) is 7.54. The van der Waals surface area contributed by atoms with Crippen molar-refractivity contribution in [1.29, 1.82) is 0 Å². The van der Waals surface area contributed by atoms with Crippen LogP contribution in [0.1, 0.15) is 43.0 Å². The Bertz CT molecular complexity index is 452. The molecule has 0 amide bonds. The summed E-state index contributed by atoms with van der Waals surface area (Å²) in [5, 5.41) is 0. The van der Waals surface area contributed by atoms with Crippen LogP contribution in [0.2, 0.25) is 0 Å². The average molecular weight is 244 g/mol. The van der Waals surface area contributed by atoms with Crippen molar-refractivity contribution in [3.05, 3.63) is 29.8 Å². The Morgan fingerprint density at radius 2 is 2.22 bits per heavy atom. The largest absolute Gasteiger partial charge is 0.493 e. The molecule has 2 saturated carbocycles. The van der Waals surface area contributed by atoms with Gasteiger partial charge in [-0.1, -0.05) is 18.6 Å². The molecular formula is C16H20O2. The topological polar surface area (TPSA) is 26.3 Å². The smallest absolute Gasteiger partial charge is 0.159 e. The molecule has 0 N–H and O–H groups in total. The van der Waals surface area contributed by atoms with Gasteiger partial charge in [-0.3, -0.25) is 4.79 Å². The van der Waals surface area contributed by atoms with Crippen molar-refractivity contribution >= 4 is 5.78 Å². The average Bonchev–Trinajstić information content (AvgIpc) is 2.99. The first-order valence-corrected chi connectivity index (χ1v) is 6.96. The van der Waals surface area contributed by atoms with E-state index >= 15 is 0 Å². The van der Waals surface area contributed by atoms with Crippen molar-refractivity contribution in [2.75, 3.05) is 6.61 Å². The minimum Gasteiger partial charge on any atom is -0.493 e. The van der Waals surface area contributed by atoms with Crippen LogP contribution in [-0.2, 0) is 0 Å². The lowest BCUT2D eigenvalue weighted by Crippen LogP contribution is -2.18. The van der Waals surface area contributed by atoms with Crippen LogP contribution in [0, 0.1) is 17.8 Å². The Morgan fingerprint density at radius 3 is 2.89 bits per heavy atom. The zero-order chi connectivity index (χ0) is 12.5. The van der Waals surface area contributed by atoms with Gasteiger partial charge in [-0.15, -0.1) is 0 Å². The molecule has 2 heteroatoms. The summed E-state index contributed by atoms with van der Waals surface area (Å²) < 4.78 is 5.88. The Hall–Kier alpha value is -1.31. The van der Waals surface area contributed by atoms with Gasteiger partial charge < -0.3 is 4.74 Å². The molecule has 96 valence electrons. The zero-order valence-corrected chi connectivity index (χ0v) is 10.9. The van der Waals surface area contributed by atoms with Crippen molar-refractivity contribution in [3.63, 3.8) is 0 Å². The standard InChI is InChI=1S/C16H20O2/c1-11(17)13-3-2-4-16(9-13)18-10-15-8-12-5-6-14(15)7-12/h2-4,9,12,14-15H,5-8,10H2,1H3. The van der Waals surface area contributed by atoms with E-state index in [1.807, 2.05) is 24.3 Å². The first kappa shape index (κ1) is 11.8. The lowest BCUT2D eigenvalue weighted by Gasteiger charge is -2.21. The van der Waals surface area contributed by atoms with Crippen LogP contribution < -0.4 is 4.74 Å². The second kappa shape index (κ2) is 4.75. The molecule has 18 heavy (non-hydrogen) atoms. The normalized spacial score (nSPS) is 29.5. The van der Waals surface area contributed by atoms with Gasteiger partial charge in [-0.05, 0) is 56.1 Å². The first-order valence-electron chi connectivity index (χ1n) is 6.96. The third-order valence-electron chi connectivity index (χ3n) is 4.59. The second-order valence-electron chi connectivity index (χ2n) is 5.83. The van der Waals surface area contributed by atoms with E-state index in [0.717, 1.165) is 35.7 Å². The fourth-order valence-electron chi connectivity index (χ4n) is 3.59. The highest BCUT2D eigenvalue weighted by Gasteiger charge is 2.39. The molecule has 1 aromatic carbocycles. The number of rotatable bonds is 4. The number of fused-ring (bicyclic) bond motifs is 2. The molecule has 0 aliphatic heterocycles. The molecule has 0 heterocycles. The minimum atomic E-state index is 0.0976. The number of hydrogen-bond acceptors (Lipinski definition) is 2. The van der Waals surface area contributed by atoms with E-state index in [2.05, 4.69) is 0 Å². The summed E-state index contributed by atoms with van der Waals surface area (Å²) in [5.74, 6) is 3.54. The van der Waals surface area contributed by atoms with Gasteiger partial charge >= 0.3 is 0 Å². The Labute approximate surface area is 108 Å². The lowest BCUT2D eigenvalue weighted by molar-refractivity contribution is 0.101. The van der Waals surface area contributed by atoms with E-state index in [4.69, 9.17) is 4.74 Å². The van der Waals surface area contributed by atoms with Crippen LogP contribution in [0.3, 0.4) is 0 Å². The van der Waals surface area contributed by atoms with Crippen molar-refractivity contribution in [3.8, 4) is 5.75 Å². The predicted octanol–water partition coefficient (Wildman–Crippen LogP) is 3.70. The quantitative estimate of drug-likeness (QED) is 0.755. The van der Waals surface area contributed by atoms with Crippen molar-refractivity contribution in [2.24, 2.45) is 17.8 Å². The van der Waals surface area contributed by atoms with Crippen molar-refractivity contribution in [2.45, 2.75) is 32.6 Å². The van der Waals surface area contributed by atoms with E-state index in [0.29, 0.717) is 0 Å². The van der Waals surface area contributed by atoms with Gasteiger partial charge in [0.2, 0.25) is 0 Å². The first-order chi connectivity index (χ1) is 8.72. The van der Waals surface area contributed by atoms with Crippen molar-refractivity contribution < 1.29 is 9.53 Å². The van der Waals surface area contributed by atoms with Gasteiger partial charge in [0.1, 0.15) is 5.75 Å². The van der Waals surface area contributed by atoms with Crippen LogP contribution in [0.4, 0.5) is 0 Å². The van der Waals surface area contributed by atoms with E-state index in [1.54, 1.807) is 6.92 Å². The summed E-state index contributed by atoms with van der Waals surface area (Å²) in [6.45, 7) is 2.41. The number of ketones is 1. The summed E-state index contributed by atoms with van der Waals surface area (Å²) >= 11 is 0. The maximum atomic E-state index is 11.3. The Morgan fingerprint density at radius 1 is 1.33 bits per heavy atom. The molecule has 0 radical (unpaired) electrons. The third-order valence-corrected chi connectivity index (χ3v) is 4.59. The highest BCUT2D eigenvalue weighted by Crippen LogP contribution is 2.48. The number of benzene rings is 1. The number of hydrogen-bond donors (Lipinski definition) is 0. The fourth-order valence-corrected chi connectivity index (χ4v) is 3.59. The van der Waals surface area contributed by atoms with Crippen LogP contribution in [0.5, 0.6) is 5.75 Å². The molecule has 3 atom stereocenters. The number of carbonyl (C=O) groups excluding carboxylic acids is 1. The van der Waals surface area contributed by atoms with Crippen molar-refractivity contribution in [1.82, 2.24) is 0 Å². The molecule has 3 unspecified atom stereocenters. The molecule has 0 aromatic heterocycles. The van der Waals surface area contributed by atoms with E-state index in [-0.39, 0.29) is 5.78 Å². The molecule has 2 bridgehead atoms. The van der Waals surface area contributed by atoms with Gasteiger partial charge in [0, 0.05) is 5.56 Å². The third kappa shape index (κ3) is 2.29. The summed E-state index contributed by atoms with van der Waals surface area (Å²) in [6.07, 6.45) is 5.59. The fraction of sp³-hybridized carbons (Fsp3) is 0.562. The molecule has 2 aliphatic rings. The van der Waals surface area contributed by atoms with Crippen LogP contribution in [-0.4, -0.2) is 12.4 Å². The van der Waals surface area contributed by atoms with Crippen LogP contribution in [0.25, 0.3) is 0 Å².